The molecular weight excluding hydrogens is 240 g/mol. The van der Waals surface area contributed by atoms with Gasteiger partial charge in [0.15, 0.2) is 5.82 Å². The number of hydrogen-bond donors (Lipinski definition) is 3. The molecule has 5 heteroatoms. The Morgan fingerprint density at radius 1 is 1.42 bits per heavy atom. The van der Waals surface area contributed by atoms with E-state index in [-0.39, 0.29) is 5.91 Å². The van der Waals surface area contributed by atoms with Gasteiger partial charge in [0, 0.05) is 17.3 Å². The van der Waals surface area contributed by atoms with E-state index >= 15 is 0 Å². The van der Waals surface area contributed by atoms with Crippen molar-refractivity contribution in [2.45, 2.75) is 19.8 Å². The molecule has 0 radical (unpaired) electrons. The number of nitrogens with one attached hydrogen (secondary N) is 2. The van der Waals surface area contributed by atoms with Crippen molar-refractivity contribution < 1.29 is 4.79 Å². The molecular formula is C14H18N4O. The highest BCUT2D eigenvalue weighted by molar-refractivity contribution is 6.03. The van der Waals surface area contributed by atoms with E-state index in [0.29, 0.717) is 17.9 Å². The number of nitrogens with zero attached hydrogens (tertiary/aromatic N) is 1. The minimum atomic E-state index is -0.159. The van der Waals surface area contributed by atoms with Crippen molar-refractivity contribution in [1.29, 1.82) is 0 Å². The molecule has 0 aliphatic carbocycles. The number of aryl methyl sites for hydroxylation is 1. The first kappa shape index (κ1) is 13.3. The first-order valence-electron chi connectivity index (χ1n) is 6.37. The first-order chi connectivity index (χ1) is 9.22. The second kappa shape index (κ2) is 6.15. The van der Waals surface area contributed by atoms with Gasteiger partial charge in [-0.25, -0.2) is 0 Å². The van der Waals surface area contributed by atoms with Gasteiger partial charge in [-0.05, 0) is 37.1 Å². The number of aromatic amines is 1. The van der Waals surface area contributed by atoms with Crippen LogP contribution in [0.2, 0.25) is 0 Å². The van der Waals surface area contributed by atoms with Gasteiger partial charge in [0.2, 0.25) is 0 Å². The lowest BCUT2D eigenvalue weighted by molar-refractivity contribution is 0.102. The van der Waals surface area contributed by atoms with Crippen molar-refractivity contribution in [2.75, 3.05) is 11.9 Å². The summed E-state index contributed by atoms with van der Waals surface area (Å²) >= 11 is 0. The SMILES string of the molecule is CCc1cc(NC(=O)c2cccc(CCN)c2)n[nH]1. The zero-order chi connectivity index (χ0) is 13.7. The van der Waals surface area contributed by atoms with Gasteiger partial charge in [-0.1, -0.05) is 19.1 Å². The van der Waals surface area contributed by atoms with Gasteiger partial charge in [0.1, 0.15) is 0 Å². The first-order valence-corrected chi connectivity index (χ1v) is 6.37. The van der Waals surface area contributed by atoms with Crippen LogP contribution in [0.1, 0.15) is 28.5 Å². The predicted molar refractivity (Wildman–Crippen MR) is 75.1 cm³/mol. The highest BCUT2D eigenvalue weighted by Crippen LogP contribution is 2.10. The second-order valence-corrected chi connectivity index (χ2v) is 4.33. The standard InChI is InChI=1S/C14H18N4O/c1-2-12-9-13(18-17-12)16-14(19)11-5-3-4-10(8-11)6-7-15/h3-5,8-9H,2,6-7,15H2,1H3,(H2,16,17,18,19). The Labute approximate surface area is 112 Å². The van der Waals surface area contributed by atoms with Gasteiger partial charge < -0.3 is 11.1 Å². The number of H-pyrrole nitrogens is 1. The zero-order valence-electron chi connectivity index (χ0n) is 10.9. The topological polar surface area (TPSA) is 83.8 Å². The quantitative estimate of drug-likeness (QED) is 0.763. The van der Waals surface area contributed by atoms with Crippen LogP contribution < -0.4 is 11.1 Å². The fourth-order valence-electron chi connectivity index (χ4n) is 1.83. The molecule has 4 N–H and O–H groups in total. The maximum atomic E-state index is 12.1. The third kappa shape index (κ3) is 3.42. The van der Waals surface area contributed by atoms with E-state index in [1.807, 2.05) is 31.2 Å². The molecule has 0 saturated heterocycles. The number of carbonyl (C=O) groups is 1. The van der Waals surface area contributed by atoms with Gasteiger partial charge in [0.25, 0.3) is 5.91 Å². The molecule has 0 aliphatic rings. The molecule has 0 saturated carbocycles. The molecule has 1 aromatic carbocycles. The Bertz CT molecular complexity index is 562. The molecule has 1 heterocycles. The molecule has 100 valence electrons. The van der Waals surface area contributed by atoms with E-state index in [0.717, 1.165) is 24.1 Å². The molecule has 0 spiro atoms. The van der Waals surface area contributed by atoms with Gasteiger partial charge in [-0.2, -0.15) is 5.10 Å². The number of rotatable bonds is 5. The summed E-state index contributed by atoms with van der Waals surface area (Å²) in [6.07, 6.45) is 1.62. The lowest BCUT2D eigenvalue weighted by Crippen LogP contribution is -2.13. The molecule has 1 amide bonds. The molecule has 0 bridgehead atoms. The fraction of sp³-hybridized carbons (Fsp3) is 0.286. The molecule has 5 nitrogen and oxygen atoms in total. The van der Waals surface area contributed by atoms with E-state index in [2.05, 4.69) is 15.5 Å². The number of anilines is 1. The summed E-state index contributed by atoms with van der Waals surface area (Å²) in [5.41, 5.74) is 8.19. The number of amides is 1. The lowest BCUT2D eigenvalue weighted by atomic mass is 10.1. The number of carbonyl (C=O) groups excluding carboxylic acids is 1. The summed E-state index contributed by atoms with van der Waals surface area (Å²) in [7, 11) is 0. The lowest BCUT2D eigenvalue weighted by Gasteiger charge is -2.04. The maximum Gasteiger partial charge on any atom is 0.256 e. The summed E-state index contributed by atoms with van der Waals surface area (Å²) in [5, 5.41) is 9.67. The minimum absolute atomic E-state index is 0.159. The molecule has 0 unspecified atom stereocenters. The molecule has 2 aromatic rings. The Kier molecular flexibility index (Phi) is 4.30. The van der Waals surface area contributed by atoms with Crippen LogP contribution in [0.4, 0.5) is 5.82 Å². The highest BCUT2D eigenvalue weighted by atomic mass is 16.1. The average Bonchev–Trinajstić information content (AvgIpc) is 2.87. The third-order valence-electron chi connectivity index (χ3n) is 2.88. The van der Waals surface area contributed by atoms with Crippen LogP contribution in [0.25, 0.3) is 0 Å². The number of hydrogen-bond acceptors (Lipinski definition) is 3. The van der Waals surface area contributed by atoms with Gasteiger partial charge in [0.05, 0.1) is 0 Å². The molecule has 0 fully saturated rings. The molecule has 1 aromatic heterocycles. The summed E-state index contributed by atoms with van der Waals surface area (Å²) < 4.78 is 0. The summed E-state index contributed by atoms with van der Waals surface area (Å²) in [5.74, 6) is 0.388. The van der Waals surface area contributed by atoms with Crippen molar-refractivity contribution in [3.63, 3.8) is 0 Å². The summed E-state index contributed by atoms with van der Waals surface area (Å²) in [6.45, 7) is 2.60. The van der Waals surface area contributed by atoms with Crippen molar-refractivity contribution in [3.05, 3.63) is 47.2 Å². The number of nitrogens with two attached hydrogens (primary N) is 1. The average molecular weight is 258 g/mol. The van der Waals surface area contributed by atoms with Crippen molar-refractivity contribution >= 4 is 11.7 Å². The molecule has 19 heavy (non-hydrogen) atoms. The van der Waals surface area contributed by atoms with Gasteiger partial charge >= 0.3 is 0 Å². The van der Waals surface area contributed by atoms with Crippen LogP contribution in [0.3, 0.4) is 0 Å². The zero-order valence-corrected chi connectivity index (χ0v) is 10.9. The van der Waals surface area contributed by atoms with E-state index in [1.165, 1.54) is 0 Å². The van der Waals surface area contributed by atoms with E-state index in [4.69, 9.17) is 5.73 Å². The smallest absolute Gasteiger partial charge is 0.256 e. The van der Waals surface area contributed by atoms with Gasteiger partial charge in [-0.3, -0.25) is 9.89 Å². The fourth-order valence-corrected chi connectivity index (χ4v) is 1.83. The Morgan fingerprint density at radius 3 is 2.95 bits per heavy atom. The van der Waals surface area contributed by atoms with Crippen molar-refractivity contribution in [1.82, 2.24) is 10.2 Å². The third-order valence-corrected chi connectivity index (χ3v) is 2.88. The van der Waals surface area contributed by atoms with Crippen LogP contribution in [-0.2, 0) is 12.8 Å². The van der Waals surface area contributed by atoms with Crippen LogP contribution in [0.5, 0.6) is 0 Å². The highest BCUT2D eigenvalue weighted by Gasteiger charge is 2.08. The van der Waals surface area contributed by atoms with Crippen molar-refractivity contribution in [2.24, 2.45) is 5.73 Å². The Hall–Kier alpha value is -2.14. The number of benzene rings is 1. The monoisotopic (exact) mass is 258 g/mol. The van der Waals surface area contributed by atoms with E-state index in [9.17, 15) is 4.79 Å². The molecule has 0 aliphatic heterocycles. The summed E-state index contributed by atoms with van der Waals surface area (Å²) in [6, 6.07) is 9.30. The van der Waals surface area contributed by atoms with E-state index in [1.54, 1.807) is 6.07 Å². The van der Waals surface area contributed by atoms with Crippen LogP contribution in [-0.4, -0.2) is 22.6 Å². The summed E-state index contributed by atoms with van der Waals surface area (Å²) in [4.78, 5) is 12.1. The van der Waals surface area contributed by atoms with Crippen molar-refractivity contribution in [3.8, 4) is 0 Å². The largest absolute Gasteiger partial charge is 0.330 e. The van der Waals surface area contributed by atoms with Gasteiger partial charge in [-0.15, -0.1) is 0 Å². The molecule has 0 atom stereocenters. The maximum absolute atomic E-state index is 12.1. The molecule has 2 rings (SSSR count). The van der Waals surface area contributed by atoms with Crippen LogP contribution in [0.15, 0.2) is 30.3 Å². The normalized spacial score (nSPS) is 10.4. The van der Waals surface area contributed by atoms with E-state index < -0.39 is 0 Å². The number of aromatic nitrogens is 2. The Balaban J connectivity index is 2.08. The minimum Gasteiger partial charge on any atom is -0.330 e. The van der Waals surface area contributed by atoms with Crippen LogP contribution in [0, 0.1) is 0 Å². The Morgan fingerprint density at radius 2 is 2.26 bits per heavy atom. The second-order valence-electron chi connectivity index (χ2n) is 4.33. The predicted octanol–water partition coefficient (Wildman–Crippen LogP) is 1.73. The van der Waals surface area contributed by atoms with Crippen LogP contribution >= 0.6 is 0 Å².